The molecule has 0 saturated heterocycles. The van der Waals surface area contributed by atoms with Crippen molar-refractivity contribution in [2.45, 2.75) is 20.8 Å². The minimum atomic E-state index is -0.443. The van der Waals surface area contributed by atoms with Gasteiger partial charge in [0.1, 0.15) is 11.6 Å². The summed E-state index contributed by atoms with van der Waals surface area (Å²) in [5, 5.41) is 7.66. The van der Waals surface area contributed by atoms with Crippen LogP contribution < -0.4 is 5.32 Å². The molecule has 0 unspecified atom stereocenters. The summed E-state index contributed by atoms with van der Waals surface area (Å²) in [7, 11) is 0. The Morgan fingerprint density at radius 3 is 2.48 bits per heavy atom. The van der Waals surface area contributed by atoms with Crippen molar-refractivity contribution in [2.75, 3.05) is 5.32 Å². The first-order valence-corrected chi connectivity index (χ1v) is 7.41. The highest BCUT2D eigenvalue weighted by Gasteiger charge is 2.10. The van der Waals surface area contributed by atoms with Crippen molar-refractivity contribution in [1.82, 2.24) is 19.7 Å². The Hall–Kier alpha value is -2.47. The van der Waals surface area contributed by atoms with Crippen LogP contribution in [0.2, 0.25) is 5.02 Å². The molecule has 5 nitrogen and oxygen atoms in total. The van der Waals surface area contributed by atoms with Gasteiger partial charge in [-0.2, -0.15) is 10.1 Å². The first-order valence-electron chi connectivity index (χ1n) is 7.04. The van der Waals surface area contributed by atoms with Crippen LogP contribution in [0.25, 0.3) is 5.95 Å². The third kappa shape index (κ3) is 3.32. The first kappa shape index (κ1) is 15.4. The molecule has 0 amide bonds. The van der Waals surface area contributed by atoms with Crippen molar-refractivity contribution in [3.63, 3.8) is 0 Å². The molecule has 0 aliphatic rings. The second kappa shape index (κ2) is 5.96. The minimum absolute atomic E-state index is 0.298. The van der Waals surface area contributed by atoms with E-state index in [1.165, 1.54) is 6.07 Å². The lowest BCUT2D eigenvalue weighted by molar-refractivity contribution is 0.632. The summed E-state index contributed by atoms with van der Waals surface area (Å²) in [6.07, 6.45) is 0. The highest BCUT2D eigenvalue weighted by molar-refractivity contribution is 6.30. The fourth-order valence-electron chi connectivity index (χ4n) is 2.27. The van der Waals surface area contributed by atoms with Crippen LogP contribution in [0, 0.1) is 26.6 Å². The van der Waals surface area contributed by atoms with E-state index >= 15 is 0 Å². The lowest BCUT2D eigenvalue weighted by Crippen LogP contribution is -2.08. The molecule has 0 aliphatic carbocycles. The number of rotatable bonds is 3. The van der Waals surface area contributed by atoms with Crippen LogP contribution in [-0.4, -0.2) is 19.7 Å². The van der Waals surface area contributed by atoms with Gasteiger partial charge in [-0.15, -0.1) is 0 Å². The molecule has 3 rings (SSSR count). The van der Waals surface area contributed by atoms with Crippen molar-refractivity contribution < 1.29 is 4.39 Å². The first-order chi connectivity index (χ1) is 10.9. The van der Waals surface area contributed by atoms with Crippen molar-refractivity contribution in [3.05, 3.63) is 58.3 Å². The van der Waals surface area contributed by atoms with Crippen LogP contribution in [0.1, 0.15) is 17.1 Å². The summed E-state index contributed by atoms with van der Waals surface area (Å²) >= 11 is 5.77. The fraction of sp³-hybridized carbons (Fsp3) is 0.188. The SMILES string of the molecule is Cc1cc(Nc2ccc(Cl)cc2F)nc(-n2nc(C)cc2C)n1. The van der Waals surface area contributed by atoms with Crippen LogP contribution in [-0.2, 0) is 0 Å². The number of nitrogens with zero attached hydrogens (tertiary/aromatic N) is 4. The molecule has 3 aromatic rings. The van der Waals surface area contributed by atoms with Gasteiger partial charge in [0.05, 0.1) is 11.4 Å². The molecule has 0 bridgehead atoms. The van der Waals surface area contributed by atoms with E-state index in [9.17, 15) is 4.39 Å². The number of halogens is 2. The number of nitrogens with one attached hydrogen (secondary N) is 1. The van der Waals surface area contributed by atoms with Gasteiger partial charge in [0.2, 0.25) is 0 Å². The van der Waals surface area contributed by atoms with Crippen molar-refractivity contribution in [3.8, 4) is 5.95 Å². The van der Waals surface area contributed by atoms with E-state index in [1.54, 1.807) is 22.9 Å². The molecule has 118 valence electrons. The van der Waals surface area contributed by atoms with Gasteiger partial charge >= 0.3 is 0 Å². The summed E-state index contributed by atoms with van der Waals surface area (Å²) in [6, 6.07) is 8.11. The Morgan fingerprint density at radius 2 is 1.83 bits per heavy atom. The second-order valence-electron chi connectivity index (χ2n) is 5.28. The van der Waals surface area contributed by atoms with Gasteiger partial charge in [-0.3, -0.25) is 0 Å². The molecule has 2 heterocycles. The van der Waals surface area contributed by atoms with Gasteiger partial charge < -0.3 is 5.32 Å². The van der Waals surface area contributed by atoms with Crippen LogP contribution in [0.15, 0.2) is 30.3 Å². The predicted molar refractivity (Wildman–Crippen MR) is 88.1 cm³/mol. The normalized spacial score (nSPS) is 10.8. The van der Waals surface area contributed by atoms with Gasteiger partial charge in [0.25, 0.3) is 5.95 Å². The molecule has 0 aliphatic heterocycles. The van der Waals surface area contributed by atoms with Gasteiger partial charge in [-0.05, 0) is 45.0 Å². The lowest BCUT2D eigenvalue weighted by Gasteiger charge is -2.10. The van der Waals surface area contributed by atoms with Crippen LogP contribution in [0.4, 0.5) is 15.9 Å². The fourth-order valence-corrected chi connectivity index (χ4v) is 2.43. The summed E-state index contributed by atoms with van der Waals surface area (Å²) in [5.74, 6) is 0.482. The van der Waals surface area contributed by atoms with E-state index in [0.717, 1.165) is 17.1 Å². The standard InChI is InChI=1S/C16H15ClFN5/c1-9-7-15(20-14-5-4-12(17)8-13(14)18)21-16(19-9)23-11(3)6-10(2)22-23/h4-8H,1-3H3,(H,19,20,21). The number of benzene rings is 1. The monoisotopic (exact) mass is 331 g/mol. The van der Waals surface area contributed by atoms with E-state index in [0.29, 0.717) is 22.5 Å². The molecule has 0 atom stereocenters. The number of aromatic nitrogens is 4. The predicted octanol–water partition coefficient (Wildman–Crippen LogP) is 4.12. The van der Waals surface area contributed by atoms with E-state index in [4.69, 9.17) is 11.6 Å². The molecule has 1 aromatic carbocycles. The zero-order chi connectivity index (χ0) is 16.6. The Bertz CT molecular complexity index is 875. The summed E-state index contributed by atoms with van der Waals surface area (Å²) in [6.45, 7) is 5.68. The highest BCUT2D eigenvalue weighted by Crippen LogP contribution is 2.23. The van der Waals surface area contributed by atoms with Crippen molar-refractivity contribution >= 4 is 23.1 Å². The van der Waals surface area contributed by atoms with Crippen molar-refractivity contribution in [1.29, 1.82) is 0 Å². The molecule has 0 spiro atoms. The number of anilines is 2. The average Bonchev–Trinajstić information content (AvgIpc) is 2.80. The zero-order valence-electron chi connectivity index (χ0n) is 12.9. The largest absolute Gasteiger partial charge is 0.338 e. The number of hydrogen-bond donors (Lipinski definition) is 1. The van der Waals surface area contributed by atoms with Gasteiger partial charge in [0, 0.05) is 22.5 Å². The van der Waals surface area contributed by atoms with Crippen LogP contribution in [0.3, 0.4) is 0 Å². The second-order valence-corrected chi connectivity index (χ2v) is 5.72. The van der Waals surface area contributed by atoms with Crippen molar-refractivity contribution in [2.24, 2.45) is 0 Å². The molecule has 0 radical (unpaired) electrons. The van der Waals surface area contributed by atoms with E-state index < -0.39 is 5.82 Å². The molecule has 1 N–H and O–H groups in total. The van der Waals surface area contributed by atoms with Gasteiger partial charge in [-0.1, -0.05) is 11.6 Å². The van der Waals surface area contributed by atoms with Gasteiger partial charge in [0.15, 0.2) is 0 Å². The highest BCUT2D eigenvalue weighted by atomic mass is 35.5. The third-order valence-corrected chi connectivity index (χ3v) is 3.47. The zero-order valence-corrected chi connectivity index (χ0v) is 13.7. The number of hydrogen-bond acceptors (Lipinski definition) is 4. The maximum Gasteiger partial charge on any atom is 0.252 e. The van der Waals surface area contributed by atoms with Crippen LogP contribution in [0.5, 0.6) is 0 Å². The minimum Gasteiger partial charge on any atom is -0.338 e. The number of aryl methyl sites for hydroxylation is 3. The maximum atomic E-state index is 13.9. The van der Waals surface area contributed by atoms with E-state index in [2.05, 4.69) is 20.4 Å². The Morgan fingerprint density at radius 1 is 1.04 bits per heavy atom. The van der Waals surface area contributed by atoms with E-state index in [1.807, 2.05) is 26.8 Å². The molecular weight excluding hydrogens is 317 g/mol. The quantitative estimate of drug-likeness (QED) is 0.784. The molecule has 0 fully saturated rings. The molecule has 2 aromatic heterocycles. The summed E-state index contributed by atoms with van der Waals surface area (Å²) in [5.41, 5.74) is 2.86. The topological polar surface area (TPSA) is 55.6 Å². The third-order valence-electron chi connectivity index (χ3n) is 3.24. The molecular formula is C16H15ClFN5. The Balaban J connectivity index is 1.99. The average molecular weight is 332 g/mol. The lowest BCUT2D eigenvalue weighted by atomic mass is 10.3. The van der Waals surface area contributed by atoms with Gasteiger partial charge in [-0.25, -0.2) is 14.1 Å². The summed E-state index contributed by atoms with van der Waals surface area (Å²) in [4.78, 5) is 8.81. The Kier molecular flexibility index (Phi) is 4.00. The van der Waals surface area contributed by atoms with Crippen LogP contribution >= 0.6 is 11.6 Å². The molecule has 23 heavy (non-hydrogen) atoms. The maximum absolute atomic E-state index is 13.9. The van der Waals surface area contributed by atoms with E-state index in [-0.39, 0.29) is 0 Å². The smallest absolute Gasteiger partial charge is 0.252 e. The molecule has 0 saturated carbocycles. The summed E-state index contributed by atoms with van der Waals surface area (Å²) < 4.78 is 15.6. The Labute approximate surface area is 138 Å². The molecule has 7 heteroatoms.